The molecule has 17 heavy (non-hydrogen) atoms. The van der Waals surface area contributed by atoms with E-state index in [1.807, 2.05) is 6.07 Å². The Morgan fingerprint density at radius 2 is 2.29 bits per heavy atom. The normalized spacial score (nSPS) is 28.6. The number of hydrogen-bond donors (Lipinski definition) is 1. The molecule has 2 atom stereocenters. The van der Waals surface area contributed by atoms with Crippen molar-refractivity contribution >= 4 is 11.6 Å². The molecule has 2 unspecified atom stereocenters. The molecular formula is C14H19ClFN. The Morgan fingerprint density at radius 1 is 1.53 bits per heavy atom. The Hall–Kier alpha value is -0.600. The first kappa shape index (κ1) is 12.8. The zero-order valence-corrected chi connectivity index (χ0v) is 10.9. The van der Waals surface area contributed by atoms with Gasteiger partial charge in [-0.05, 0) is 43.2 Å². The van der Waals surface area contributed by atoms with Gasteiger partial charge in [-0.25, -0.2) is 4.39 Å². The van der Waals surface area contributed by atoms with Gasteiger partial charge in [-0.15, -0.1) is 0 Å². The topological polar surface area (TPSA) is 26.0 Å². The van der Waals surface area contributed by atoms with E-state index in [9.17, 15) is 4.39 Å². The molecule has 1 nitrogen and oxygen atoms in total. The molecule has 0 spiro atoms. The summed E-state index contributed by atoms with van der Waals surface area (Å²) in [6, 6.07) is 4.96. The van der Waals surface area contributed by atoms with Gasteiger partial charge in [0.2, 0.25) is 0 Å². The van der Waals surface area contributed by atoms with E-state index in [0.717, 1.165) is 18.4 Å². The molecule has 0 bridgehead atoms. The highest BCUT2D eigenvalue weighted by Crippen LogP contribution is 2.38. The molecular weight excluding hydrogens is 237 g/mol. The fraction of sp³-hybridized carbons (Fsp3) is 0.571. The van der Waals surface area contributed by atoms with Crippen molar-refractivity contribution in [3.63, 3.8) is 0 Å². The van der Waals surface area contributed by atoms with Crippen LogP contribution in [0.15, 0.2) is 18.2 Å². The second kappa shape index (κ2) is 4.95. The van der Waals surface area contributed by atoms with Crippen LogP contribution in [0.1, 0.15) is 38.2 Å². The Balaban J connectivity index is 2.13. The van der Waals surface area contributed by atoms with Gasteiger partial charge in [-0.3, -0.25) is 0 Å². The predicted octanol–water partition coefficient (Wildman–Crippen LogP) is 3.93. The minimum absolute atomic E-state index is 0.196. The third-order valence-corrected chi connectivity index (χ3v) is 4.32. The summed E-state index contributed by atoms with van der Waals surface area (Å²) in [5.74, 6) is 0.366. The van der Waals surface area contributed by atoms with Crippen LogP contribution < -0.4 is 5.73 Å². The number of halogens is 2. The van der Waals surface area contributed by atoms with E-state index in [1.165, 1.54) is 18.9 Å². The second-order valence-electron chi connectivity index (χ2n) is 5.27. The van der Waals surface area contributed by atoms with E-state index in [4.69, 9.17) is 17.3 Å². The monoisotopic (exact) mass is 255 g/mol. The van der Waals surface area contributed by atoms with Gasteiger partial charge in [0.1, 0.15) is 5.82 Å². The maximum absolute atomic E-state index is 13.3. The molecule has 0 aromatic heterocycles. The van der Waals surface area contributed by atoms with Crippen LogP contribution in [0, 0.1) is 11.7 Å². The zero-order chi connectivity index (χ0) is 12.5. The molecule has 3 heteroatoms. The van der Waals surface area contributed by atoms with Gasteiger partial charge >= 0.3 is 0 Å². The van der Waals surface area contributed by atoms with E-state index in [-0.39, 0.29) is 16.4 Å². The molecule has 94 valence electrons. The Morgan fingerprint density at radius 3 is 2.94 bits per heavy atom. The van der Waals surface area contributed by atoms with Gasteiger partial charge < -0.3 is 5.73 Å². The van der Waals surface area contributed by atoms with Crippen LogP contribution in [0.3, 0.4) is 0 Å². The maximum atomic E-state index is 13.3. The first-order valence-corrected chi connectivity index (χ1v) is 6.63. The van der Waals surface area contributed by atoms with E-state index in [1.54, 1.807) is 6.07 Å². The van der Waals surface area contributed by atoms with Gasteiger partial charge in [-0.2, -0.15) is 0 Å². The summed E-state index contributed by atoms with van der Waals surface area (Å²) in [4.78, 5) is 0. The lowest BCUT2D eigenvalue weighted by Crippen LogP contribution is -2.39. The van der Waals surface area contributed by atoms with Crippen molar-refractivity contribution in [1.29, 1.82) is 0 Å². The van der Waals surface area contributed by atoms with Crippen LogP contribution in [0.4, 0.5) is 4.39 Å². The molecule has 0 saturated heterocycles. The number of hydrogen-bond acceptors (Lipinski definition) is 1. The third-order valence-electron chi connectivity index (χ3n) is 3.90. The molecule has 1 saturated carbocycles. The summed E-state index contributed by atoms with van der Waals surface area (Å²) < 4.78 is 13.3. The van der Waals surface area contributed by atoms with E-state index < -0.39 is 0 Å². The molecule has 2 rings (SSSR count). The highest BCUT2D eigenvalue weighted by atomic mass is 35.5. The predicted molar refractivity (Wildman–Crippen MR) is 69.7 cm³/mol. The molecule has 0 amide bonds. The van der Waals surface area contributed by atoms with E-state index in [2.05, 4.69) is 6.92 Å². The largest absolute Gasteiger partial charge is 0.325 e. The smallest absolute Gasteiger partial charge is 0.142 e. The van der Waals surface area contributed by atoms with Crippen LogP contribution in [-0.2, 0) is 6.42 Å². The fourth-order valence-corrected chi connectivity index (χ4v) is 3.04. The average Bonchev–Trinajstić information content (AvgIpc) is 2.67. The summed E-state index contributed by atoms with van der Waals surface area (Å²) in [6.07, 6.45) is 5.07. The number of rotatable bonds is 3. The Bertz CT molecular complexity index is 407. The van der Waals surface area contributed by atoms with Crippen LogP contribution in [0.2, 0.25) is 5.02 Å². The van der Waals surface area contributed by atoms with Crippen LogP contribution in [0.25, 0.3) is 0 Å². The van der Waals surface area contributed by atoms with Crippen LogP contribution in [0.5, 0.6) is 0 Å². The van der Waals surface area contributed by atoms with Crippen molar-refractivity contribution in [2.45, 2.75) is 44.6 Å². The maximum Gasteiger partial charge on any atom is 0.142 e. The fourth-order valence-electron chi connectivity index (χ4n) is 2.84. The lowest BCUT2D eigenvalue weighted by atomic mass is 9.89. The lowest BCUT2D eigenvalue weighted by molar-refractivity contribution is 0.406. The van der Waals surface area contributed by atoms with Gasteiger partial charge in [0.25, 0.3) is 0 Å². The van der Waals surface area contributed by atoms with Gasteiger partial charge in [0, 0.05) is 5.54 Å². The molecule has 1 aromatic carbocycles. The number of benzene rings is 1. The standard InChI is InChI=1S/C14H19ClFN/c1-2-10-6-7-14(17,8-10)9-11-4-3-5-12(16)13(11)15/h3-5,10H,2,6-9,17H2,1H3. The number of nitrogens with two attached hydrogens (primary N) is 1. The zero-order valence-electron chi connectivity index (χ0n) is 10.2. The lowest BCUT2D eigenvalue weighted by Gasteiger charge is -2.25. The first-order chi connectivity index (χ1) is 8.04. The summed E-state index contributed by atoms with van der Waals surface area (Å²) in [5.41, 5.74) is 7.04. The Kier molecular flexibility index (Phi) is 3.74. The summed E-state index contributed by atoms with van der Waals surface area (Å²) in [6.45, 7) is 2.20. The van der Waals surface area contributed by atoms with Crippen molar-refractivity contribution in [1.82, 2.24) is 0 Å². The molecule has 0 radical (unpaired) electrons. The van der Waals surface area contributed by atoms with Crippen molar-refractivity contribution < 1.29 is 4.39 Å². The second-order valence-corrected chi connectivity index (χ2v) is 5.65. The molecule has 1 fully saturated rings. The highest BCUT2D eigenvalue weighted by molar-refractivity contribution is 6.31. The minimum atomic E-state index is -0.349. The first-order valence-electron chi connectivity index (χ1n) is 6.26. The van der Waals surface area contributed by atoms with E-state index in [0.29, 0.717) is 12.3 Å². The van der Waals surface area contributed by atoms with Crippen molar-refractivity contribution in [3.05, 3.63) is 34.6 Å². The molecule has 1 aromatic rings. The molecule has 0 heterocycles. The summed E-state index contributed by atoms with van der Waals surface area (Å²) in [5, 5.41) is 0.234. The van der Waals surface area contributed by atoms with Crippen molar-refractivity contribution in [3.8, 4) is 0 Å². The molecule has 1 aliphatic carbocycles. The van der Waals surface area contributed by atoms with Gasteiger partial charge in [0.15, 0.2) is 0 Å². The quantitative estimate of drug-likeness (QED) is 0.870. The molecule has 2 N–H and O–H groups in total. The average molecular weight is 256 g/mol. The highest BCUT2D eigenvalue weighted by Gasteiger charge is 2.35. The van der Waals surface area contributed by atoms with Crippen molar-refractivity contribution in [2.24, 2.45) is 11.7 Å². The minimum Gasteiger partial charge on any atom is -0.325 e. The van der Waals surface area contributed by atoms with Crippen molar-refractivity contribution in [2.75, 3.05) is 0 Å². The SMILES string of the molecule is CCC1CCC(N)(Cc2cccc(F)c2Cl)C1. The summed E-state index contributed by atoms with van der Waals surface area (Å²) in [7, 11) is 0. The van der Waals surface area contributed by atoms with Gasteiger partial charge in [-0.1, -0.05) is 37.1 Å². The van der Waals surface area contributed by atoms with Crippen LogP contribution >= 0.6 is 11.6 Å². The Labute approximate surface area is 107 Å². The molecule has 1 aliphatic rings. The molecule has 0 aliphatic heterocycles. The third kappa shape index (κ3) is 2.80. The van der Waals surface area contributed by atoms with Crippen LogP contribution in [-0.4, -0.2) is 5.54 Å². The van der Waals surface area contributed by atoms with Gasteiger partial charge in [0.05, 0.1) is 5.02 Å². The van der Waals surface area contributed by atoms with E-state index >= 15 is 0 Å². The summed E-state index contributed by atoms with van der Waals surface area (Å²) >= 11 is 5.97.